The van der Waals surface area contributed by atoms with E-state index in [0.29, 0.717) is 9.14 Å². The summed E-state index contributed by atoms with van der Waals surface area (Å²) in [7, 11) is 0. The third-order valence-corrected chi connectivity index (χ3v) is 3.36. The lowest BCUT2D eigenvalue weighted by molar-refractivity contribution is 0.471. The maximum Gasteiger partial charge on any atom is 0.169 e. The Morgan fingerprint density at radius 2 is 2.00 bits per heavy atom. The first-order chi connectivity index (χ1) is 8.06. The summed E-state index contributed by atoms with van der Waals surface area (Å²) in [5, 5.41) is 3.23. The third kappa shape index (κ3) is 3.10. The fourth-order valence-corrected chi connectivity index (χ4v) is 2.17. The highest BCUT2D eigenvalue weighted by Gasteiger charge is 2.10. The van der Waals surface area contributed by atoms with Gasteiger partial charge in [-0.3, -0.25) is 0 Å². The molecule has 0 aliphatic heterocycles. The highest BCUT2D eigenvalue weighted by atomic mass is 79.9. The van der Waals surface area contributed by atoms with Gasteiger partial charge in [0.1, 0.15) is 11.6 Å². The Labute approximate surface area is 115 Å². The second-order valence-electron chi connectivity index (χ2n) is 3.64. The first-order valence-corrected chi connectivity index (χ1v) is 6.61. The number of nitrogens with one attached hydrogen (secondary N) is 1. The molecule has 1 aromatic heterocycles. The van der Waals surface area contributed by atoms with Crippen LogP contribution in [-0.4, -0.2) is 0 Å². The molecule has 0 amide bonds. The van der Waals surface area contributed by atoms with Crippen LogP contribution in [0.2, 0.25) is 0 Å². The summed E-state index contributed by atoms with van der Waals surface area (Å²) in [6, 6.07) is 8.54. The van der Waals surface area contributed by atoms with E-state index in [1.165, 1.54) is 6.07 Å². The van der Waals surface area contributed by atoms with Crippen molar-refractivity contribution in [1.82, 2.24) is 0 Å². The molecule has 2 aromatic rings. The largest absolute Gasteiger partial charge is 0.452 e. The number of rotatable bonds is 3. The first kappa shape index (κ1) is 12.6. The molecule has 0 fully saturated rings. The summed E-state index contributed by atoms with van der Waals surface area (Å²) >= 11 is 6.41. The lowest BCUT2D eigenvalue weighted by atomic mass is 10.2. The molecule has 17 heavy (non-hydrogen) atoms. The lowest BCUT2D eigenvalue weighted by Crippen LogP contribution is -2.05. The molecule has 90 valence electrons. The van der Waals surface area contributed by atoms with Crippen molar-refractivity contribution in [3.8, 4) is 0 Å². The number of hydrogen-bond donors (Lipinski definition) is 1. The summed E-state index contributed by atoms with van der Waals surface area (Å²) in [5.41, 5.74) is 0.832. The van der Waals surface area contributed by atoms with E-state index < -0.39 is 0 Å². The summed E-state index contributed by atoms with van der Waals surface area (Å²) in [6.07, 6.45) is 0. The molecule has 5 heteroatoms. The summed E-state index contributed by atoms with van der Waals surface area (Å²) in [5.74, 6) is 0.543. The van der Waals surface area contributed by atoms with Gasteiger partial charge in [0.15, 0.2) is 4.67 Å². The van der Waals surface area contributed by atoms with Gasteiger partial charge in [0.2, 0.25) is 0 Å². The zero-order valence-electron chi connectivity index (χ0n) is 9.01. The first-order valence-electron chi connectivity index (χ1n) is 5.03. The molecule has 0 saturated heterocycles. The zero-order chi connectivity index (χ0) is 12.4. The van der Waals surface area contributed by atoms with Gasteiger partial charge in [0, 0.05) is 5.69 Å². The maximum absolute atomic E-state index is 13.1. The third-order valence-electron chi connectivity index (χ3n) is 2.32. The van der Waals surface area contributed by atoms with Crippen LogP contribution >= 0.6 is 31.9 Å². The van der Waals surface area contributed by atoms with Crippen molar-refractivity contribution >= 4 is 37.5 Å². The molecule has 0 radical (unpaired) electrons. The maximum atomic E-state index is 13.1. The van der Waals surface area contributed by atoms with Crippen LogP contribution in [0.4, 0.5) is 10.1 Å². The zero-order valence-corrected chi connectivity index (χ0v) is 12.2. The quantitative estimate of drug-likeness (QED) is 0.819. The average Bonchev–Trinajstić information content (AvgIpc) is 2.70. The van der Waals surface area contributed by atoms with E-state index >= 15 is 0 Å². The number of halogens is 3. The molecule has 1 heterocycles. The van der Waals surface area contributed by atoms with E-state index in [1.807, 2.05) is 19.1 Å². The van der Waals surface area contributed by atoms with Crippen molar-refractivity contribution in [3.05, 3.63) is 51.1 Å². The second kappa shape index (κ2) is 5.23. The molecule has 0 aliphatic rings. The number of furan rings is 1. The molecule has 0 saturated carbocycles. The summed E-state index contributed by atoms with van der Waals surface area (Å²) < 4.78 is 19.6. The van der Waals surface area contributed by atoms with Gasteiger partial charge in [-0.05, 0) is 69.1 Å². The Hall–Kier alpha value is -0.810. The van der Waals surface area contributed by atoms with Gasteiger partial charge in [0.25, 0.3) is 0 Å². The number of anilines is 1. The molecule has 1 aromatic carbocycles. The van der Waals surface area contributed by atoms with E-state index in [9.17, 15) is 4.39 Å². The van der Waals surface area contributed by atoms with Crippen molar-refractivity contribution < 1.29 is 8.81 Å². The minimum Gasteiger partial charge on any atom is -0.452 e. The summed E-state index contributed by atoms with van der Waals surface area (Å²) in [6.45, 7) is 1.97. The monoisotopic (exact) mass is 361 g/mol. The van der Waals surface area contributed by atoms with E-state index in [4.69, 9.17) is 4.42 Å². The van der Waals surface area contributed by atoms with Crippen LogP contribution in [0.3, 0.4) is 0 Å². The van der Waals surface area contributed by atoms with Gasteiger partial charge in [-0.2, -0.15) is 0 Å². The van der Waals surface area contributed by atoms with Crippen molar-refractivity contribution in [2.45, 2.75) is 13.0 Å². The Balaban J connectivity index is 2.12. The molecule has 1 N–H and O–H groups in total. The van der Waals surface area contributed by atoms with Gasteiger partial charge in [0.05, 0.1) is 10.5 Å². The van der Waals surface area contributed by atoms with Crippen LogP contribution in [0.1, 0.15) is 18.7 Å². The molecule has 0 spiro atoms. The van der Waals surface area contributed by atoms with Crippen LogP contribution in [0, 0.1) is 5.82 Å². The van der Waals surface area contributed by atoms with Gasteiger partial charge in [-0.25, -0.2) is 4.39 Å². The lowest BCUT2D eigenvalue weighted by Gasteiger charge is -2.13. The molecule has 1 unspecified atom stereocenters. The minimum absolute atomic E-state index is 0.0126. The second-order valence-corrected chi connectivity index (χ2v) is 5.27. The molecule has 0 aliphatic carbocycles. The van der Waals surface area contributed by atoms with Crippen molar-refractivity contribution in [3.63, 3.8) is 0 Å². The Morgan fingerprint density at radius 1 is 1.24 bits per heavy atom. The average molecular weight is 363 g/mol. The van der Waals surface area contributed by atoms with E-state index in [1.54, 1.807) is 12.1 Å². The highest BCUT2D eigenvalue weighted by Crippen LogP contribution is 2.26. The van der Waals surface area contributed by atoms with E-state index in [0.717, 1.165) is 11.4 Å². The van der Waals surface area contributed by atoms with E-state index in [2.05, 4.69) is 37.2 Å². The SMILES string of the molecule is CC(Nc1ccc(F)c(Br)c1)c1ccc(Br)o1. The Morgan fingerprint density at radius 3 is 2.59 bits per heavy atom. The normalized spacial score (nSPS) is 12.5. The van der Waals surface area contributed by atoms with Crippen LogP contribution in [0.25, 0.3) is 0 Å². The fourth-order valence-electron chi connectivity index (χ4n) is 1.47. The number of hydrogen-bond acceptors (Lipinski definition) is 2. The standard InChI is InChI=1S/C12H10Br2FNO/c1-7(11-4-5-12(14)17-11)16-8-2-3-10(15)9(13)6-8/h2-7,16H,1H3. The fraction of sp³-hybridized carbons (Fsp3) is 0.167. The molecule has 1 atom stereocenters. The molecule has 2 rings (SSSR count). The van der Waals surface area contributed by atoms with Crippen molar-refractivity contribution in [1.29, 1.82) is 0 Å². The van der Waals surface area contributed by atoms with Crippen LogP contribution in [0.15, 0.2) is 43.9 Å². The van der Waals surface area contributed by atoms with Crippen molar-refractivity contribution in [2.24, 2.45) is 0 Å². The van der Waals surface area contributed by atoms with Crippen LogP contribution < -0.4 is 5.32 Å². The predicted molar refractivity (Wildman–Crippen MR) is 72.5 cm³/mol. The van der Waals surface area contributed by atoms with Crippen molar-refractivity contribution in [2.75, 3.05) is 5.32 Å². The smallest absolute Gasteiger partial charge is 0.169 e. The highest BCUT2D eigenvalue weighted by molar-refractivity contribution is 9.10. The molecular formula is C12H10Br2FNO. The van der Waals surface area contributed by atoms with Gasteiger partial charge in [-0.1, -0.05) is 0 Å². The summed E-state index contributed by atoms with van der Waals surface area (Å²) in [4.78, 5) is 0. The van der Waals surface area contributed by atoms with Crippen LogP contribution in [-0.2, 0) is 0 Å². The van der Waals surface area contributed by atoms with E-state index in [-0.39, 0.29) is 11.9 Å². The Kier molecular flexibility index (Phi) is 3.89. The minimum atomic E-state index is -0.274. The molecule has 2 nitrogen and oxygen atoms in total. The predicted octanol–water partition coefficient (Wildman–Crippen LogP) is 5.12. The van der Waals surface area contributed by atoms with Gasteiger partial charge in [-0.15, -0.1) is 0 Å². The topological polar surface area (TPSA) is 25.2 Å². The molecular weight excluding hydrogens is 353 g/mol. The Bertz CT molecular complexity index is 527. The van der Waals surface area contributed by atoms with Crippen LogP contribution in [0.5, 0.6) is 0 Å². The number of benzene rings is 1. The van der Waals surface area contributed by atoms with Gasteiger partial charge < -0.3 is 9.73 Å². The molecule has 0 bridgehead atoms. The van der Waals surface area contributed by atoms with Gasteiger partial charge >= 0.3 is 0 Å².